The van der Waals surface area contributed by atoms with Crippen LogP contribution in [0.15, 0.2) is 35.0 Å². The van der Waals surface area contributed by atoms with Crippen LogP contribution in [0.2, 0.25) is 0 Å². The minimum atomic E-state index is 0.685. The second-order valence-electron chi connectivity index (χ2n) is 4.88. The molecular weight excluding hydrogens is 282 g/mol. The zero-order chi connectivity index (χ0) is 14.9. The van der Waals surface area contributed by atoms with Gasteiger partial charge in [0.25, 0.3) is 0 Å². The Morgan fingerprint density at radius 2 is 2.05 bits per heavy atom. The molecule has 0 aliphatic heterocycles. The van der Waals surface area contributed by atoms with E-state index in [0.29, 0.717) is 6.61 Å². The van der Waals surface area contributed by atoms with Gasteiger partial charge in [-0.15, -0.1) is 0 Å². The quantitative estimate of drug-likeness (QED) is 0.762. The van der Waals surface area contributed by atoms with Crippen LogP contribution in [0.1, 0.15) is 24.5 Å². The highest BCUT2D eigenvalue weighted by Gasteiger charge is 2.06. The lowest BCUT2D eigenvalue weighted by molar-refractivity contribution is 0.301. The number of nitrogens with one attached hydrogen (secondary N) is 1. The van der Waals surface area contributed by atoms with E-state index in [1.165, 1.54) is 5.56 Å². The summed E-state index contributed by atoms with van der Waals surface area (Å²) >= 11 is 1.72. The molecule has 0 unspecified atom stereocenters. The zero-order valence-corrected chi connectivity index (χ0v) is 13.5. The van der Waals surface area contributed by atoms with E-state index < -0.39 is 0 Å². The summed E-state index contributed by atoms with van der Waals surface area (Å²) in [6, 6.07) is 8.22. The highest BCUT2D eigenvalue weighted by Crippen LogP contribution is 2.25. The van der Waals surface area contributed by atoms with Crippen LogP contribution >= 0.6 is 11.3 Å². The molecule has 1 aromatic heterocycles. The van der Waals surface area contributed by atoms with E-state index in [4.69, 9.17) is 9.47 Å². The Bertz CT molecular complexity index is 526. The van der Waals surface area contributed by atoms with Gasteiger partial charge in [0.2, 0.25) is 0 Å². The van der Waals surface area contributed by atoms with Crippen LogP contribution in [0.25, 0.3) is 0 Å². The molecule has 0 saturated carbocycles. The van der Waals surface area contributed by atoms with E-state index >= 15 is 0 Å². The maximum absolute atomic E-state index is 5.97. The molecule has 0 saturated heterocycles. The molecule has 0 atom stereocenters. The predicted molar refractivity (Wildman–Crippen MR) is 88.5 cm³/mol. The average Bonchev–Trinajstić information content (AvgIpc) is 3.01. The maximum Gasteiger partial charge on any atom is 0.127 e. The van der Waals surface area contributed by atoms with Gasteiger partial charge in [0, 0.05) is 24.6 Å². The van der Waals surface area contributed by atoms with Gasteiger partial charge in [-0.25, -0.2) is 0 Å². The first-order chi connectivity index (χ1) is 10.3. The van der Waals surface area contributed by atoms with Gasteiger partial charge >= 0.3 is 0 Å². The van der Waals surface area contributed by atoms with Crippen molar-refractivity contribution < 1.29 is 9.47 Å². The highest BCUT2D eigenvalue weighted by atomic mass is 32.1. The van der Waals surface area contributed by atoms with Crippen LogP contribution in [-0.4, -0.2) is 20.3 Å². The Morgan fingerprint density at radius 3 is 2.76 bits per heavy atom. The maximum atomic E-state index is 5.97. The largest absolute Gasteiger partial charge is 0.493 e. The van der Waals surface area contributed by atoms with Crippen molar-refractivity contribution in [2.24, 2.45) is 0 Å². The van der Waals surface area contributed by atoms with Crippen molar-refractivity contribution in [2.45, 2.75) is 26.3 Å². The highest BCUT2D eigenvalue weighted by molar-refractivity contribution is 7.07. The summed E-state index contributed by atoms with van der Waals surface area (Å²) in [4.78, 5) is 0. The van der Waals surface area contributed by atoms with Crippen LogP contribution in [0.5, 0.6) is 11.5 Å². The summed E-state index contributed by atoms with van der Waals surface area (Å²) in [7, 11) is 1.94. The van der Waals surface area contributed by atoms with Gasteiger partial charge in [-0.2, -0.15) is 11.3 Å². The number of ether oxygens (including phenoxy) is 2. The molecule has 0 fully saturated rings. The lowest BCUT2D eigenvalue weighted by Crippen LogP contribution is -2.09. The third-order valence-corrected chi connectivity index (χ3v) is 3.84. The molecule has 1 aromatic carbocycles. The normalized spacial score (nSPS) is 10.6. The van der Waals surface area contributed by atoms with Gasteiger partial charge in [-0.1, -0.05) is 13.0 Å². The van der Waals surface area contributed by atoms with Gasteiger partial charge in [0.05, 0.1) is 13.2 Å². The van der Waals surface area contributed by atoms with Crippen LogP contribution in [-0.2, 0) is 13.0 Å². The molecule has 0 aliphatic rings. The number of benzene rings is 1. The van der Waals surface area contributed by atoms with Crippen molar-refractivity contribution >= 4 is 11.3 Å². The van der Waals surface area contributed by atoms with E-state index in [1.807, 2.05) is 19.2 Å². The smallest absolute Gasteiger partial charge is 0.127 e. The summed E-state index contributed by atoms with van der Waals surface area (Å²) in [5, 5.41) is 7.44. The van der Waals surface area contributed by atoms with E-state index in [1.54, 1.807) is 11.3 Å². The van der Waals surface area contributed by atoms with Gasteiger partial charge in [0.15, 0.2) is 0 Å². The van der Waals surface area contributed by atoms with Crippen molar-refractivity contribution in [2.75, 3.05) is 20.3 Å². The molecule has 4 heteroatoms. The van der Waals surface area contributed by atoms with Crippen LogP contribution in [0, 0.1) is 0 Å². The molecular formula is C17H23NO2S. The van der Waals surface area contributed by atoms with Crippen molar-refractivity contribution in [3.8, 4) is 11.5 Å². The molecule has 0 bridgehead atoms. The SMILES string of the molecule is CCCOc1ccc(CNC)c(OCCc2ccsc2)c1. The Morgan fingerprint density at radius 1 is 1.14 bits per heavy atom. The van der Waals surface area contributed by atoms with Crippen molar-refractivity contribution in [3.63, 3.8) is 0 Å². The summed E-state index contributed by atoms with van der Waals surface area (Å²) < 4.78 is 11.7. The first kappa shape index (κ1) is 15.9. The van der Waals surface area contributed by atoms with E-state index in [-0.39, 0.29) is 0 Å². The van der Waals surface area contributed by atoms with Crippen LogP contribution in [0.4, 0.5) is 0 Å². The van der Waals surface area contributed by atoms with Gasteiger partial charge in [-0.05, 0) is 41.9 Å². The average molecular weight is 305 g/mol. The molecule has 0 aliphatic carbocycles. The van der Waals surface area contributed by atoms with Gasteiger partial charge in [0.1, 0.15) is 11.5 Å². The summed E-state index contributed by atoms with van der Waals surface area (Å²) in [5.74, 6) is 1.79. The molecule has 1 N–H and O–H groups in total. The molecule has 0 radical (unpaired) electrons. The number of thiophene rings is 1. The monoisotopic (exact) mass is 305 g/mol. The third-order valence-electron chi connectivity index (χ3n) is 3.11. The lowest BCUT2D eigenvalue weighted by Gasteiger charge is -2.13. The molecule has 1 heterocycles. The zero-order valence-electron chi connectivity index (χ0n) is 12.7. The Balaban J connectivity index is 1.99. The van der Waals surface area contributed by atoms with Gasteiger partial charge < -0.3 is 14.8 Å². The first-order valence-corrected chi connectivity index (χ1v) is 8.32. The van der Waals surface area contributed by atoms with E-state index in [9.17, 15) is 0 Å². The predicted octanol–water partition coefficient (Wildman–Crippen LogP) is 3.88. The van der Waals surface area contributed by atoms with Crippen LogP contribution in [0.3, 0.4) is 0 Å². The fraction of sp³-hybridized carbons (Fsp3) is 0.412. The lowest BCUT2D eigenvalue weighted by atomic mass is 10.2. The van der Waals surface area contributed by atoms with E-state index in [0.717, 1.165) is 43.1 Å². The van der Waals surface area contributed by atoms with Crippen molar-refractivity contribution in [1.29, 1.82) is 0 Å². The minimum Gasteiger partial charge on any atom is -0.493 e. The Hall–Kier alpha value is -1.52. The molecule has 114 valence electrons. The molecule has 0 spiro atoms. The second-order valence-corrected chi connectivity index (χ2v) is 5.66. The second kappa shape index (κ2) is 8.70. The molecule has 2 rings (SSSR count). The fourth-order valence-electron chi connectivity index (χ4n) is 2.03. The summed E-state index contributed by atoms with van der Waals surface area (Å²) in [5.41, 5.74) is 2.49. The summed E-state index contributed by atoms with van der Waals surface area (Å²) in [6.45, 7) is 4.32. The van der Waals surface area contributed by atoms with Gasteiger partial charge in [-0.3, -0.25) is 0 Å². The van der Waals surface area contributed by atoms with Crippen molar-refractivity contribution in [3.05, 3.63) is 46.2 Å². The number of hydrogen-bond acceptors (Lipinski definition) is 4. The summed E-state index contributed by atoms with van der Waals surface area (Å²) in [6.07, 6.45) is 1.94. The standard InChI is InChI=1S/C17H23NO2S/c1-3-8-19-16-5-4-15(12-18-2)17(11-16)20-9-6-14-7-10-21-13-14/h4-5,7,10-11,13,18H,3,6,8-9,12H2,1-2H3. The number of hydrogen-bond donors (Lipinski definition) is 1. The third kappa shape index (κ3) is 5.06. The number of rotatable bonds is 9. The Labute approximate surface area is 130 Å². The Kier molecular flexibility index (Phi) is 6.57. The molecule has 3 nitrogen and oxygen atoms in total. The topological polar surface area (TPSA) is 30.5 Å². The molecule has 0 amide bonds. The minimum absolute atomic E-state index is 0.685. The fourth-order valence-corrected chi connectivity index (χ4v) is 2.73. The van der Waals surface area contributed by atoms with E-state index in [2.05, 4.69) is 35.1 Å². The first-order valence-electron chi connectivity index (χ1n) is 7.37. The van der Waals surface area contributed by atoms with Crippen LogP contribution < -0.4 is 14.8 Å². The molecule has 21 heavy (non-hydrogen) atoms. The molecule has 2 aromatic rings. The van der Waals surface area contributed by atoms with Crippen molar-refractivity contribution in [1.82, 2.24) is 5.32 Å².